The molecule has 1 fully saturated rings. The lowest BCUT2D eigenvalue weighted by molar-refractivity contribution is 0.193. The Bertz CT molecular complexity index is 898. The highest BCUT2D eigenvalue weighted by Crippen LogP contribution is 2.15. The lowest BCUT2D eigenvalue weighted by atomic mass is 10.1. The highest BCUT2D eigenvalue weighted by molar-refractivity contribution is 5.74. The summed E-state index contributed by atoms with van der Waals surface area (Å²) >= 11 is 0. The summed E-state index contributed by atoms with van der Waals surface area (Å²) in [6, 6.07) is 9.19. The Morgan fingerprint density at radius 2 is 1.79 bits per heavy atom. The SMILES string of the molecule is Cc1ccc(-n2nc(N3CCN(C(=O)NCC(C)C)CC3)ccc2=O)cc1C. The minimum atomic E-state index is -0.154. The van der Waals surface area contributed by atoms with Crippen molar-refractivity contribution in [2.45, 2.75) is 27.7 Å². The summed E-state index contributed by atoms with van der Waals surface area (Å²) in [6.45, 7) is 11.5. The number of anilines is 1. The van der Waals surface area contributed by atoms with Gasteiger partial charge < -0.3 is 15.1 Å². The number of nitrogens with one attached hydrogen (secondary N) is 1. The van der Waals surface area contributed by atoms with Gasteiger partial charge in [-0.15, -0.1) is 5.10 Å². The summed E-state index contributed by atoms with van der Waals surface area (Å²) in [5, 5.41) is 7.54. The fourth-order valence-electron chi connectivity index (χ4n) is 3.15. The van der Waals surface area contributed by atoms with Gasteiger partial charge in [0.25, 0.3) is 5.56 Å². The zero-order valence-corrected chi connectivity index (χ0v) is 17.1. The quantitative estimate of drug-likeness (QED) is 0.880. The largest absolute Gasteiger partial charge is 0.352 e. The zero-order valence-electron chi connectivity index (χ0n) is 17.1. The molecule has 2 heterocycles. The summed E-state index contributed by atoms with van der Waals surface area (Å²) in [5.41, 5.74) is 2.91. The number of carbonyl (C=O) groups excluding carboxylic acids is 1. The van der Waals surface area contributed by atoms with Gasteiger partial charge in [0.15, 0.2) is 0 Å². The normalized spacial score (nSPS) is 14.5. The summed E-state index contributed by atoms with van der Waals surface area (Å²) < 4.78 is 1.45. The first-order valence-corrected chi connectivity index (χ1v) is 9.81. The third-order valence-corrected chi connectivity index (χ3v) is 5.07. The van der Waals surface area contributed by atoms with E-state index in [0.29, 0.717) is 38.6 Å². The van der Waals surface area contributed by atoms with E-state index in [-0.39, 0.29) is 11.6 Å². The molecular formula is C21H29N5O2. The Morgan fingerprint density at radius 1 is 1.07 bits per heavy atom. The van der Waals surface area contributed by atoms with Crippen LogP contribution in [0.5, 0.6) is 0 Å². The fourth-order valence-corrected chi connectivity index (χ4v) is 3.15. The second-order valence-electron chi connectivity index (χ2n) is 7.76. The Morgan fingerprint density at radius 3 is 2.43 bits per heavy atom. The first-order chi connectivity index (χ1) is 13.3. The highest BCUT2D eigenvalue weighted by Gasteiger charge is 2.22. The number of rotatable bonds is 4. The molecule has 7 heteroatoms. The van der Waals surface area contributed by atoms with E-state index in [0.717, 1.165) is 17.1 Å². The van der Waals surface area contributed by atoms with Gasteiger partial charge in [-0.3, -0.25) is 4.79 Å². The predicted molar refractivity (Wildman–Crippen MR) is 111 cm³/mol. The van der Waals surface area contributed by atoms with Gasteiger partial charge in [0.1, 0.15) is 5.82 Å². The molecule has 0 atom stereocenters. The van der Waals surface area contributed by atoms with Gasteiger partial charge >= 0.3 is 6.03 Å². The first kappa shape index (κ1) is 19.9. The molecule has 3 rings (SSSR count). The number of piperazine rings is 1. The molecule has 7 nitrogen and oxygen atoms in total. The third kappa shape index (κ3) is 4.52. The second kappa shape index (κ2) is 8.46. The summed E-state index contributed by atoms with van der Waals surface area (Å²) in [5.74, 6) is 1.18. The Labute approximate surface area is 166 Å². The van der Waals surface area contributed by atoms with Gasteiger partial charge in [0.2, 0.25) is 0 Å². The van der Waals surface area contributed by atoms with E-state index in [1.165, 1.54) is 10.2 Å². The molecule has 150 valence electrons. The average molecular weight is 383 g/mol. The van der Waals surface area contributed by atoms with Crippen LogP contribution in [0.15, 0.2) is 35.1 Å². The summed E-state index contributed by atoms with van der Waals surface area (Å²) in [7, 11) is 0. The average Bonchev–Trinajstić information content (AvgIpc) is 2.69. The Kier molecular flexibility index (Phi) is 6.02. The van der Waals surface area contributed by atoms with Crippen molar-refractivity contribution in [1.29, 1.82) is 0 Å². The van der Waals surface area contributed by atoms with E-state index in [9.17, 15) is 9.59 Å². The number of amides is 2. The highest BCUT2D eigenvalue weighted by atomic mass is 16.2. The van der Waals surface area contributed by atoms with E-state index in [1.807, 2.05) is 36.9 Å². The Balaban J connectivity index is 1.71. The predicted octanol–water partition coefficient (Wildman–Crippen LogP) is 2.34. The van der Waals surface area contributed by atoms with Crippen molar-refractivity contribution in [3.8, 4) is 5.69 Å². The number of nitrogens with zero attached hydrogens (tertiary/aromatic N) is 4. The van der Waals surface area contributed by atoms with Gasteiger partial charge in [-0.25, -0.2) is 4.79 Å². The summed E-state index contributed by atoms with van der Waals surface area (Å²) in [4.78, 5) is 28.5. The topological polar surface area (TPSA) is 70.5 Å². The van der Waals surface area contributed by atoms with E-state index < -0.39 is 0 Å². The van der Waals surface area contributed by atoms with Crippen LogP contribution in [0.25, 0.3) is 5.69 Å². The molecular weight excluding hydrogens is 354 g/mol. The molecule has 0 spiro atoms. The van der Waals surface area contributed by atoms with E-state index in [1.54, 1.807) is 12.1 Å². The van der Waals surface area contributed by atoms with Crippen LogP contribution in [0.1, 0.15) is 25.0 Å². The van der Waals surface area contributed by atoms with Gasteiger partial charge in [0, 0.05) is 38.8 Å². The molecule has 1 aromatic carbocycles. The van der Waals surface area contributed by atoms with Crippen molar-refractivity contribution in [1.82, 2.24) is 20.0 Å². The number of urea groups is 1. The van der Waals surface area contributed by atoms with Crippen molar-refractivity contribution in [2.75, 3.05) is 37.6 Å². The number of aromatic nitrogens is 2. The number of hydrogen-bond donors (Lipinski definition) is 1. The lowest BCUT2D eigenvalue weighted by Crippen LogP contribution is -2.52. The van der Waals surface area contributed by atoms with E-state index >= 15 is 0 Å². The van der Waals surface area contributed by atoms with Crippen molar-refractivity contribution >= 4 is 11.8 Å². The molecule has 1 N–H and O–H groups in total. The number of hydrogen-bond acceptors (Lipinski definition) is 4. The maximum absolute atomic E-state index is 12.3. The number of aryl methyl sites for hydroxylation is 2. The maximum atomic E-state index is 12.3. The zero-order chi connectivity index (χ0) is 20.3. The smallest absolute Gasteiger partial charge is 0.317 e. The molecule has 0 radical (unpaired) electrons. The second-order valence-corrected chi connectivity index (χ2v) is 7.76. The van der Waals surface area contributed by atoms with Crippen molar-refractivity contribution < 1.29 is 4.79 Å². The molecule has 1 aliphatic rings. The lowest BCUT2D eigenvalue weighted by Gasteiger charge is -2.35. The molecule has 0 saturated carbocycles. The van der Waals surface area contributed by atoms with E-state index in [2.05, 4.69) is 29.2 Å². The van der Waals surface area contributed by atoms with Gasteiger partial charge in [-0.1, -0.05) is 19.9 Å². The fraction of sp³-hybridized carbons (Fsp3) is 0.476. The van der Waals surface area contributed by atoms with Crippen molar-refractivity contribution in [3.05, 3.63) is 51.8 Å². The summed E-state index contributed by atoms with van der Waals surface area (Å²) in [6.07, 6.45) is 0. The van der Waals surface area contributed by atoms with Crippen LogP contribution in [-0.2, 0) is 0 Å². The molecule has 1 aromatic heterocycles. The van der Waals surface area contributed by atoms with E-state index in [4.69, 9.17) is 0 Å². The van der Waals surface area contributed by atoms with Gasteiger partial charge in [-0.2, -0.15) is 4.68 Å². The van der Waals surface area contributed by atoms with Crippen LogP contribution in [-0.4, -0.2) is 53.4 Å². The maximum Gasteiger partial charge on any atom is 0.317 e. The molecule has 0 unspecified atom stereocenters. The molecule has 28 heavy (non-hydrogen) atoms. The van der Waals surface area contributed by atoms with Crippen LogP contribution in [0.3, 0.4) is 0 Å². The number of benzene rings is 1. The third-order valence-electron chi connectivity index (χ3n) is 5.07. The molecule has 1 aliphatic heterocycles. The molecule has 2 aromatic rings. The van der Waals surface area contributed by atoms with Crippen LogP contribution in [0.2, 0.25) is 0 Å². The van der Waals surface area contributed by atoms with Crippen molar-refractivity contribution in [2.24, 2.45) is 5.92 Å². The van der Waals surface area contributed by atoms with Crippen LogP contribution < -0.4 is 15.8 Å². The van der Waals surface area contributed by atoms with Gasteiger partial charge in [-0.05, 0) is 49.1 Å². The van der Waals surface area contributed by atoms with Gasteiger partial charge in [0.05, 0.1) is 5.69 Å². The van der Waals surface area contributed by atoms with Crippen LogP contribution in [0.4, 0.5) is 10.6 Å². The first-order valence-electron chi connectivity index (χ1n) is 9.81. The molecule has 0 bridgehead atoms. The van der Waals surface area contributed by atoms with Crippen molar-refractivity contribution in [3.63, 3.8) is 0 Å². The minimum absolute atomic E-state index is 0.0126. The monoisotopic (exact) mass is 383 g/mol. The molecule has 1 saturated heterocycles. The van der Waals surface area contributed by atoms with Crippen LogP contribution >= 0.6 is 0 Å². The number of carbonyl (C=O) groups is 1. The Hall–Kier alpha value is -2.83. The molecule has 0 aliphatic carbocycles. The molecule has 2 amide bonds. The van der Waals surface area contributed by atoms with Crippen LogP contribution in [0, 0.1) is 19.8 Å². The minimum Gasteiger partial charge on any atom is -0.352 e. The standard InChI is InChI=1S/C21H29N5O2/c1-15(2)14-22-21(28)25-11-9-24(10-12-25)19-7-8-20(27)26(23-19)18-6-5-16(3)17(4)13-18/h5-8,13,15H,9-12,14H2,1-4H3,(H,22,28).